The third-order valence-corrected chi connectivity index (χ3v) is 11.5. The second-order valence-electron chi connectivity index (χ2n) is 14.5. The van der Waals surface area contributed by atoms with E-state index in [1.165, 1.54) is 55.3 Å². The molecule has 0 spiro atoms. The molecule has 11 rings (SSSR count). The van der Waals surface area contributed by atoms with Gasteiger partial charge < -0.3 is 9.73 Å². The molecular formula is C53H35NO. The van der Waals surface area contributed by atoms with Gasteiger partial charge in [0.1, 0.15) is 11.2 Å². The van der Waals surface area contributed by atoms with Crippen LogP contribution in [0.25, 0.3) is 66.1 Å². The Balaban J connectivity index is 1.04. The summed E-state index contributed by atoms with van der Waals surface area (Å²) in [5.41, 5.74) is 15.7. The molecule has 0 atom stereocenters. The number of anilines is 2. The number of furan rings is 1. The zero-order valence-electron chi connectivity index (χ0n) is 30.0. The molecule has 9 aromatic carbocycles. The van der Waals surface area contributed by atoms with Crippen molar-refractivity contribution in [1.29, 1.82) is 0 Å². The number of rotatable bonds is 6. The predicted molar refractivity (Wildman–Crippen MR) is 229 cm³/mol. The number of nitrogens with one attached hydrogen (secondary N) is 1. The summed E-state index contributed by atoms with van der Waals surface area (Å²) in [5.74, 6) is 0. The highest BCUT2D eigenvalue weighted by Crippen LogP contribution is 2.56. The molecule has 0 saturated heterocycles. The van der Waals surface area contributed by atoms with Gasteiger partial charge >= 0.3 is 0 Å². The molecule has 10 aromatic rings. The van der Waals surface area contributed by atoms with Crippen molar-refractivity contribution in [2.45, 2.75) is 5.41 Å². The number of benzene rings is 9. The van der Waals surface area contributed by atoms with Crippen molar-refractivity contribution < 1.29 is 4.42 Å². The Hall–Kier alpha value is -7.16. The first-order chi connectivity index (χ1) is 27.3. The van der Waals surface area contributed by atoms with E-state index in [4.69, 9.17) is 4.42 Å². The van der Waals surface area contributed by atoms with E-state index in [1.807, 2.05) is 0 Å². The molecule has 0 aliphatic heterocycles. The largest absolute Gasteiger partial charge is 0.456 e. The van der Waals surface area contributed by atoms with Gasteiger partial charge in [0, 0.05) is 27.7 Å². The van der Waals surface area contributed by atoms with Crippen LogP contribution in [-0.4, -0.2) is 0 Å². The van der Waals surface area contributed by atoms with E-state index in [9.17, 15) is 0 Å². The lowest BCUT2D eigenvalue weighted by Gasteiger charge is -2.34. The Morgan fingerprint density at radius 2 is 0.945 bits per heavy atom. The smallest absolute Gasteiger partial charge is 0.136 e. The highest BCUT2D eigenvalue weighted by atomic mass is 16.3. The van der Waals surface area contributed by atoms with Gasteiger partial charge in [-0.05, 0) is 103 Å². The average molecular weight is 702 g/mol. The van der Waals surface area contributed by atoms with Gasteiger partial charge in [-0.2, -0.15) is 0 Å². The van der Waals surface area contributed by atoms with Crippen LogP contribution in [0.2, 0.25) is 0 Å². The van der Waals surface area contributed by atoms with E-state index >= 15 is 0 Å². The minimum absolute atomic E-state index is 0.458. The highest BCUT2D eigenvalue weighted by Gasteiger charge is 2.46. The van der Waals surface area contributed by atoms with Crippen LogP contribution < -0.4 is 5.32 Å². The Morgan fingerprint density at radius 1 is 0.364 bits per heavy atom. The van der Waals surface area contributed by atoms with E-state index < -0.39 is 5.41 Å². The van der Waals surface area contributed by atoms with Gasteiger partial charge in [0.25, 0.3) is 0 Å². The first-order valence-corrected chi connectivity index (χ1v) is 18.9. The van der Waals surface area contributed by atoms with E-state index in [0.717, 1.165) is 44.4 Å². The summed E-state index contributed by atoms with van der Waals surface area (Å²) in [7, 11) is 0. The van der Waals surface area contributed by atoms with Crippen LogP contribution in [0.3, 0.4) is 0 Å². The molecule has 0 bridgehead atoms. The molecule has 55 heavy (non-hydrogen) atoms. The number of hydrogen-bond acceptors (Lipinski definition) is 2. The summed E-state index contributed by atoms with van der Waals surface area (Å²) in [5, 5.41) is 8.55. The quantitative estimate of drug-likeness (QED) is 0.187. The molecule has 0 fully saturated rings. The zero-order valence-corrected chi connectivity index (χ0v) is 30.0. The topological polar surface area (TPSA) is 25.2 Å². The SMILES string of the molecule is c1ccc(C2(c3ccccc3)c3ccccc3-c3ccc(Nc4ccccc4-c4ccccc4-c4ccc5oc6cc7ccccc7cc6c5c4)cc32)cc1. The first kappa shape index (κ1) is 31.4. The zero-order chi connectivity index (χ0) is 36.3. The lowest BCUT2D eigenvalue weighted by molar-refractivity contribution is 0.669. The van der Waals surface area contributed by atoms with E-state index in [-0.39, 0.29) is 0 Å². The van der Waals surface area contributed by atoms with Crippen molar-refractivity contribution in [3.63, 3.8) is 0 Å². The van der Waals surface area contributed by atoms with Crippen molar-refractivity contribution in [3.8, 4) is 33.4 Å². The normalized spacial score (nSPS) is 12.9. The summed E-state index contributed by atoms with van der Waals surface area (Å²) >= 11 is 0. The molecule has 1 aliphatic rings. The number of fused-ring (bicyclic) bond motifs is 7. The average Bonchev–Trinajstić information content (AvgIpc) is 3.76. The van der Waals surface area contributed by atoms with Crippen molar-refractivity contribution in [2.75, 3.05) is 5.32 Å². The minimum Gasteiger partial charge on any atom is -0.456 e. The molecule has 0 unspecified atom stereocenters. The molecule has 2 nitrogen and oxygen atoms in total. The Bertz CT molecular complexity index is 3030. The second kappa shape index (κ2) is 12.5. The summed E-state index contributed by atoms with van der Waals surface area (Å²) in [6, 6.07) is 74.6. The molecule has 1 aromatic heterocycles. The van der Waals surface area contributed by atoms with Gasteiger partial charge in [-0.15, -0.1) is 0 Å². The lowest BCUT2D eigenvalue weighted by atomic mass is 9.67. The molecule has 1 heterocycles. The molecule has 1 aliphatic carbocycles. The highest BCUT2D eigenvalue weighted by molar-refractivity contribution is 6.11. The standard InChI is InChI=1S/C53H35NO/c1-3-17-38(18-4-1)53(39-19-5-2-6-20-39)48-25-13-11-23-43(48)44-29-28-40(34-49(44)53)54-50-26-14-12-24-45(50)42-22-10-9-21-41(42)37-27-30-51-46(32-37)47-31-35-15-7-8-16-36(35)33-52(47)55-51/h1-34,54H. The first-order valence-electron chi connectivity index (χ1n) is 18.9. The molecule has 258 valence electrons. The maximum absolute atomic E-state index is 6.37. The van der Waals surface area contributed by atoms with Crippen LogP contribution >= 0.6 is 0 Å². The van der Waals surface area contributed by atoms with Gasteiger partial charge in [0.2, 0.25) is 0 Å². The van der Waals surface area contributed by atoms with Crippen molar-refractivity contribution in [3.05, 3.63) is 229 Å². The van der Waals surface area contributed by atoms with Gasteiger partial charge in [-0.25, -0.2) is 0 Å². The van der Waals surface area contributed by atoms with Crippen LogP contribution in [-0.2, 0) is 5.41 Å². The predicted octanol–water partition coefficient (Wildman–Crippen LogP) is 14.2. The Labute approximate surface area is 320 Å². The molecule has 0 saturated carbocycles. The Kier molecular flexibility index (Phi) is 7.11. The van der Waals surface area contributed by atoms with Crippen molar-refractivity contribution in [1.82, 2.24) is 0 Å². The van der Waals surface area contributed by atoms with Crippen LogP contribution in [0.15, 0.2) is 211 Å². The summed E-state index contributed by atoms with van der Waals surface area (Å²) in [4.78, 5) is 0. The fourth-order valence-corrected chi connectivity index (χ4v) is 9.10. The number of hydrogen-bond donors (Lipinski definition) is 1. The second-order valence-corrected chi connectivity index (χ2v) is 14.5. The molecule has 1 N–H and O–H groups in total. The maximum Gasteiger partial charge on any atom is 0.136 e. The molecule has 0 amide bonds. The molecular weight excluding hydrogens is 667 g/mol. The number of para-hydroxylation sites is 1. The van der Waals surface area contributed by atoms with Crippen molar-refractivity contribution in [2.24, 2.45) is 0 Å². The fourth-order valence-electron chi connectivity index (χ4n) is 9.10. The molecule has 2 heteroatoms. The summed E-state index contributed by atoms with van der Waals surface area (Å²) in [6.45, 7) is 0. The van der Waals surface area contributed by atoms with E-state index in [2.05, 4.69) is 212 Å². The van der Waals surface area contributed by atoms with Crippen LogP contribution in [0.4, 0.5) is 11.4 Å². The maximum atomic E-state index is 6.37. The third kappa shape index (κ3) is 4.89. The Morgan fingerprint density at radius 3 is 1.71 bits per heavy atom. The van der Waals surface area contributed by atoms with Gasteiger partial charge in [-0.1, -0.05) is 164 Å². The van der Waals surface area contributed by atoms with Crippen LogP contribution in [0, 0.1) is 0 Å². The van der Waals surface area contributed by atoms with Crippen LogP contribution in [0.1, 0.15) is 22.3 Å². The third-order valence-electron chi connectivity index (χ3n) is 11.5. The monoisotopic (exact) mass is 701 g/mol. The minimum atomic E-state index is -0.458. The summed E-state index contributed by atoms with van der Waals surface area (Å²) < 4.78 is 6.37. The lowest BCUT2D eigenvalue weighted by Crippen LogP contribution is -2.28. The van der Waals surface area contributed by atoms with E-state index in [0.29, 0.717) is 0 Å². The molecule has 0 radical (unpaired) electrons. The fraction of sp³-hybridized carbons (Fsp3) is 0.0189. The van der Waals surface area contributed by atoms with Gasteiger partial charge in [0.15, 0.2) is 0 Å². The van der Waals surface area contributed by atoms with Crippen molar-refractivity contribution >= 4 is 44.1 Å². The summed E-state index contributed by atoms with van der Waals surface area (Å²) in [6.07, 6.45) is 0. The van der Waals surface area contributed by atoms with Gasteiger partial charge in [-0.3, -0.25) is 0 Å². The van der Waals surface area contributed by atoms with Gasteiger partial charge in [0.05, 0.1) is 5.41 Å². The van der Waals surface area contributed by atoms with Crippen LogP contribution in [0.5, 0.6) is 0 Å². The van der Waals surface area contributed by atoms with E-state index in [1.54, 1.807) is 0 Å².